The Bertz CT molecular complexity index is 1220. The van der Waals surface area contributed by atoms with Crippen molar-refractivity contribution in [2.75, 3.05) is 32.3 Å². The van der Waals surface area contributed by atoms with Gasteiger partial charge >= 0.3 is 0 Å². The van der Waals surface area contributed by atoms with Crippen LogP contribution in [0.5, 0.6) is 0 Å². The number of rotatable bonds is 11. The fourth-order valence-electron chi connectivity index (χ4n) is 4.17. The molecule has 1 aromatic carbocycles. The topological polar surface area (TPSA) is 95.1 Å². The van der Waals surface area contributed by atoms with Gasteiger partial charge in [-0.15, -0.1) is 0 Å². The van der Waals surface area contributed by atoms with E-state index in [0.717, 1.165) is 60.6 Å². The second-order valence-corrected chi connectivity index (χ2v) is 9.38. The number of ether oxygens (including phenoxy) is 3. The number of methoxy groups -OCH3 is 2. The number of hydrogen-bond donors (Lipinski definition) is 1. The number of hydrogen-bond acceptors (Lipinski definition) is 8. The van der Waals surface area contributed by atoms with Gasteiger partial charge in [0.25, 0.3) is 0 Å². The second-order valence-electron chi connectivity index (χ2n) is 9.38. The summed E-state index contributed by atoms with van der Waals surface area (Å²) in [6.07, 6.45) is 14.1. The van der Waals surface area contributed by atoms with Gasteiger partial charge in [0.2, 0.25) is 0 Å². The van der Waals surface area contributed by atoms with E-state index < -0.39 is 0 Å². The number of aromatic nitrogens is 2. The Morgan fingerprint density at radius 3 is 2.70 bits per heavy atom. The van der Waals surface area contributed by atoms with Crippen molar-refractivity contribution in [3.8, 4) is 0 Å². The minimum Gasteiger partial charge on any atom is -0.501 e. The van der Waals surface area contributed by atoms with E-state index in [1.165, 1.54) is 19.0 Å². The zero-order chi connectivity index (χ0) is 26.2. The van der Waals surface area contributed by atoms with Crippen LogP contribution in [-0.4, -0.2) is 49.3 Å². The standard InChI is InChI=1S/C29H37N5O3/c1-20(15-24(36-4)16-21(2)35-3)34(19-22-8-9-22)23-10-11-25-27(17-23)32-28(18-31-25)26(12-13-30)33-29-7-5-6-14-37-29/h10-13,15-18,22,29H,1,5-9,14,19,30H2,2-4H3/b13-12-,21-16+,24-15+,33-26-. The lowest BCUT2D eigenvalue weighted by atomic mass is 10.1. The predicted octanol–water partition coefficient (Wildman–Crippen LogP) is 5.23. The Morgan fingerprint density at radius 1 is 1.19 bits per heavy atom. The second kappa shape index (κ2) is 12.5. The quantitative estimate of drug-likeness (QED) is 0.255. The average molecular weight is 504 g/mol. The van der Waals surface area contributed by atoms with Crippen LogP contribution in [0, 0.1) is 5.92 Å². The lowest BCUT2D eigenvalue weighted by Gasteiger charge is -2.26. The largest absolute Gasteiger partial charge is 0.501 e. The van der Waals surface area contributed by atoms with Gasteiger partial charge in [0.15, 0.2) is 0 Å². The first-order valence-corrected chi connectivity index (χ1v) is 12.8. The van der Waals surface area contributed by atoms with Crippen LogP contribution < -0.4 is 10.6 Å². The first-order chi connectivity index (χ1) is 18.0. The molecule has 8 heteroatoms. The van der Waals surface area contributed by atoms with Crippen LogP contribution in [0.2, 0.25) is 0 Å². The number of fused-ring (bicyclic) bond motifs is 1. The van der Waals surface area contributed by atoms with Gasteiger partial charge in [-0.25, -0.2) is 4.98 Å². The van der Waals surface area contributed by atoms with E-state index >= 15 is 0 Å². The number of nitrogens with two attached hydrogens (primary N) is 1. The Hall–Kier alpha value is -3.65. The summed E-state index contributed by atoms with van der Waals surface area (Å²) in [6, 6.07) is 6.10. The first-order valence-electron chi connectivity index (χ1n) is 12.8. The lowest BCUT2D eigenvalue weighted by molar-refractivity contribution is 0.0224. The van der Waals surface area contributed by atoms with Gasteiger partial charge in [-0.2, -0.15) is 0 Å². The van der Waals surface area contributed by atoms with Crippen LogP contribution in [0.1, 0.15) is 44.7 Å². The molecular formula is C29H37N5O3. The summed E-state index contributed by atoms with van der Waals surface area (Å²) < 4.78 is 16.6. The smallest absolute Gasteiger partial charge is 0.149 e. The van der Waals surface area contributed by atoms with Crippen molar-refractivity contribution >= 4 is 22.4 Å². The number of aliphatic imine (C=N–C) groups is 1. The number of allylic oxidation sites excluding steroid dienone is 4. The van der Waals surface area contributed by atoms with Crippen LogP contribution >= 0.6 is 0 Å². The van der Waals surface area contributed by atoms with Gasteiger partial charge in [-0.05, 0) is 75.4 Å². The summed E-state index contributed by atoms with van der Waals surface area (Å²) >= 11 is 0. The molecule has 37 heavy (non-hydrogen) atoms. The SMILES string of the molecule is C=C(/C=C(\C=C(/C)OC)OC)N(CC1CC1)c1ccc2ncc(C(/C=C\N)=N\C3CCCCO3)nc2c1. The van der Waals surface area contributed by atoms with E-state index in [0.29, 0.717) is 23.1 Å². The molecule has 1 atom stereocenters. The van der Waals surface area contributed by atoms with Gasteiger partial charge in [0.1, 0.15) is 17.7 Å². The molecule has 4 rings (SSSR count). The van der Waals surface area contributed by atoms with Crippen molar-refractivity contribution in [2.45, 2.75) is 45.3 Å². The summed E-state index contributed by atoms with van der Waals surface area (Å²) in [5.41, 5.74) is 10.5. The Balaban J connectivity index is 1.67. The molecule has 1 unspecified atom stereocenters. The molecule has 0 spiro atoms. The third kappa shape index (κ3) is 7.20. The Labute approximate surface area is 219 Å². The van der Waals surface area contributed by atoms with Gasteiger partial charge in [0.05, 0.1) is 42.9 Å². The predicted molar refractivity (Wildman–Crippen MR) is 148 cm³/mol. The van der Waals surface area contributed by atoms with Gasteiger partial charge in [-0.3, -0.25) is 9.98 Å². The summed E-state index contributed by atoms with van der Waals surface area (Å²) in [5.74, 6) is 2.07. The molecule has 2 aromatic rings. The third-order valence-corrected chi connectivity index (χ3v) is 6.49. The monoisotopic (exact) mass is 503 g/mol. The van der Waals surface area contributed by atoms with Crippen LogP contribution in [0.25, 0.3) is 11.0 Å². The maximum absolute atomic E-state index is 5.80. The van der Waals surface area contributed by atoms with E-state index in [-0.39, 0.29) is 6.23 Å². The highest BCUT2D eigenvalue weighted by molar-refractivity contribution is 6.08. The zero-order valence-corrected chi connectivity index (χ0v) is 22.0. The average Bonchev–Trinajstić information content (AvgIpc) is 3.75. The van der Waals surface area contributed by atoms with Crippen molar-refractivity contribution in [1.29, 1.82) is 0 Å². The number of nitrogens with zero attached hydrogens (tertiary/aromatic N) is 4. The molecule has 8 nitrogen and oxygen atoms in total. The molecule has 2 N–H and O–H groups in total. The van der Waals surface area contributed by atoms with E-state index in [4.69, 9.17) is 29.9 Å². The summed E-state index contributed by atoms with van der Waals surface area (Å²) in [4.78, 5) is 16.5. The number of anilines is 1. The van der Waals surface area contributed by atoms with Crippen molar-refractivity contribution in [3.63, 3.8) is 0 Å². The normalized spacial score (nSPS) is 19.3. The highest BCUT2D eigenvalue weighted by Gasteiger charge is 2.26. The van der Waals surface area contributed by atoms with E-state index in [9.17, 15) is 0 Å². The zero-order valence-electron chi connectivity index (χ0n) is 22.0. The van der Waals surface area contributed by atoms with Crippen molar-refractivity contribution < 1.29 is 14.2 Å². The van der Waals surface area contributed by atoms with Crippen LogP contribution in [0.3, 0.4) is 0 Å². The molecule has 1 saturated carbocycles. The maximum Gasteiger partial charge on any atom is 0.149 e. The van der Waals surface area contributed by atoms with Crippen LogP contribution in [-0.2, 0) is 14.2 Å². The van der Waals surface area contributed by atoms with E-state index in [1.54, 1.807) is 26.5 Å². The van der Waals surface area contributed by atoms with Crippen molar-refractivity contribution in [2.24, 2.45) is 16.6 Å². The molecule has 1 aromatic heterocycles. The Kier molecular flexibility index (Phi) is 8.95. The molecular weight excluding hydrogens is 466 g/mol. The summed E-state index contributed by atoms with van der Waals surface area (Å²) in [6.45, 7) is 7.84. The van der Waals surface area contributed by atoms with Crippen LogP contribution in [0.15, 0.2) is 77.6 Å². The molecule has 2 heterocycles. The van der Waals surface area contributed by atoms with Crippen molar-refractivity contribution in [3.05, 3.63) is 78.3 Å². The molecule has 0 bridgehead atoms. The molecule has 1 aliphatic carbocycles. The van der Waals surface area contributed by atoms with Crippen molar-refractivity contribution in [1.82, 2.24) is 9.97 Å². The lowest BCUT2D eigenvalue weighted by Crippen LogP contribution is -2.24. The summed E-state index contributed by atoms with van der Waals surface area (Å²) in [5, 5.41) is 0. The van der Waals surface area contributed by atoms with Gasteiger partial charge < -0.3 is 24.8 Å². The fraction of sp³-hybridized carbons (Fsp3) is 0.414. The van der Waals surface area contributed by atoms with E-state index in [2.05, 4.69) is 28.6 Å². The highest BCUT2D eigenvalue weighted by Crippen LogP contribution is 2.34. The fourth-order valence-corrected chi connectivity index (χ4v) is 4.17. The molecule has 196 valence electrons. The molecule has 1 aliphatic heterocycles. The summed E-state index contributed by atoms with van der Waals surface area (Å²) in [7, 11) is 3.28. The van der Waals surface area contributed by atoms with Gasteiger partial charge in [-0.1, -0.05) is 6.58 Å². The highest BCUT2D eigenvalue weighted by atomic mass is 16.5. The molecule has 0 radical (unpaired) electrons. The minimum absolute atomic E-state index is 0.182. The van der Waals surface area contributed by atoms with Crippen LogP contribution in [0.4, 0.5) is 5.69 Å². The molecule has 1 saturated heterocycles. The molecule has 2 fully saturated rings. The third-order valence-electron chi connectivity index (χ3n) is 6.49. The molecule has 0 amide bonds. The number of benzene rings is 1. The Morgan fingerprint density at radius 2 is 2.03 bits per heavy atom. The van der Waals surface area contributed by atoms with E-state index in [1.807, 2.05) is 25.1 Å². The first kappa shape index (κ1) is 26.4. The maximum atomic E-state index is 5.80. The molecule has 2 aliphatic rings. The van der Waals surface area contributed by atoms with Gasteiger partial charge in [0, 0.05) is 36.7 Å². The minimum atomic E-state index is -0.182.